The molecule has 4 heteroatoms. The Morgan fingerprint density at radius 1 is 1.58 bits per heavy atom. The normalized spacial score (nSPS) is 15.7. The Balaban J connectivity index is 1.97. The zero-order chi connectivity index (χ0) is 8.97. The van der Waals surface area contributed by atoms with E-state index in [1.807, 2.05) is 0 Å². The second-order valence-electron chi connectivity index (χ2n) is 3.23. The van der Waals surface area contributed by atoms with E-state index in [0.29, 0.717) is 0 Å². The van der Waals surface area contributed by atoms with Crippen LogP contribution in [0, 0.1) is 5.92 Å². The van der Waals surface area contributed by atoms with Crippen molar-refractivity contribution >= 4 is 23.1 Å². The van der Waals surface area contributed by atoms with Crippen molar-refractivity contribution in [2.75, 3.05) is 6.54 Å². The van der Waals surface area contributed by atoms with E-state index < -0.39 is 0 Å². The Hall–Kier alpha value is -0.640. The standard InChI is InChI=1S/C8H14N2OS/c9-7(12)5-8(11)10-4-3-6-1-2-6/h6H,1-5H2,(H2,9,12)(H,10,11). The number of nitrogens with two attached hydrogens (primary N) is 1. The first-order chi connectivity index (χ1) is 5.68. The van der Waals surface area contributed by atoms with Crippen molar-refractivity contribution in [1.29, 1.82) is 0 Å². The molecule has 1 amide bonds. The fraction of sp³-hybridized carbons (Fsp3) is 0.750. The first kappa shape index (κ1) is 9.45. The van der Waals surface area contributed by atoms with E-state index in [0.717, 1.165) is 18.9 Å². The van der Waals surface area contributed by atoms with Crippen molar-refractivity contribution in [1.82, 2.24) is 5.32 Å². The number of carbonyl (C=O) groups excluding carboxylic acids is 1. The highest BCUT2D eigenvalue weighted by atomic mass is 32.1. The summed E-state index contributed by atoms with van der Waals surface area (Å²) in [5, 5.41) is 2.78. The van der Waals surface area contributed by atoms with Gasteiger partial charge in [-0.3, -0.25) is 4.79 Å². The number of amides is 1. The van der Waals surface area contributed by atoms with Crippen molar-refractivity contribution < 1.29 is 4.79 Å². The summed E-state index contributed by atoms with van der Waals surface area (Å²) < 4.78 is 0. The first-order valence-corrected chi connectivity index (χ1v) is 4.64. The molecule has 0 heterocycles. The highest BCUT2D eigenvalue weighted by molar-refractivity contribution is 7.80. The van der Waals surface area contributed by atoms with Crippen LogP contribution in [0.2, 0.25) is 0 Å². The minimum Gasteiger partial charge on any atom is -0.393 e. The monoisotopic (exact) mass is 186 g/mol. The zero-order valence-electron chi connectivity index (χ0n) is 7.01. The van der Waals surface area contributed by atoms with Crippen LogP contribution in [0.15, 0.2) is 0 Å². The van der Waals surface area contributed by atoms with Crippen LogP contribution in [0.4, 0.5) is 0 Å². The van der Waals surface area contributed by atoms with Crippen LogP contribution >= 0.6 is 12.2 Å². The Labute approximate surface area is 77.7 Å². The number of rotatable bonds is 5. The Morgan fingerprint density at radius 2 is 2.25 bits per heavy atom. The fourth-order valence-electron chi connectivity index (χ4n) is 1.04. The van der Waals surface area contributed by atoms with Gasteiger partial charge in [0.25, 0.3) is 0 Å². The van der Waals surface area contributed by atoms with Gasteiger partial charge in [0.15, 0.2) is 0 Å². The second-order valence-corrected chi connectivity index (χ2v) is 3.75. The van der Waals surface area contributed by atoms with Crippen LogP contribution in [0.3, 0.4) is 0 Å². The number of hydrogen-bond acceptors (Lipinski definition) is 2. The minimum atomic E-state index is -0.0526. The molecular weight excluding hydrogens is 172 g/mol. The summed E-state index contributed by atoms with van der Waals surface area (Å²) in [7, 11) is 0. The van der Waals surface area contributed by atoms with Gasteiger partial charge in [0.1, 0.15) is 0 Å². The first-order valence-electron chi connectivity index (χ1n) is 4.23. The van der Waals surface area contributed by atoms with Crippen LogP contribution in [-0.2, 0) is 4.79 Å². The molecule has 3 nitrogen and oxygen atoms in total. The van der Waals surface area contributed by atoms with Crippen LogP contribution in [-0.4, -0.2) is 17.4 Å². The summed E-state index contributed by atoms with van der Waals surface area (Å²) >= 11 is 4.60. The maximum absolute atomic E-state index is 11.0. The van der Waals surface area contributed by atoms with E-state index in [1.165, 1.54) is 12.8 Å². The van der Waals surface area contributed by atoms with E-state index in [9.17, 15) is 4.79 Å². The van der Waals surface area contributed by atoms with Gasteiger partial charge in [0, 0.05) is 6.54 Å². The van der Waals surface area contributed by atoms with Gasteiger partial charge in [-0.15, -0.1) is 0 Å². The van der Waals surface area contributed by atoms with Gasteiger partial charge in [0.2, 0.25) is 5.91 Å². The lowest BCUT2D eigenvalue weighted by atomic mass is 10.3. The van der Waals surface area contributed by atoms with Gasteiger partial charge in [-0.1, -0.05) is 25.1 Å². The maximum Gasteiger partial charge on any atom is 0.226 e. The number of carbonyl (C=O) groups is 1. The van der Waals surface area contributed by atoms with Gasteiger partial charge in [-0.2, -0.15) is 0 Å². The van der Waals surface area contributed by atoms with Crippen LogP contribution in [0.5, 0.6) is 0 Å². The Morgan fingerprint density at radius 3 is 2.75 bits per heavy atom. The molecule has 0 bridgehead atoms. The summed E-state index contributed by atoms with van der Waals surface area (Å²) in [4.78, 5) is 11.2. The smallest absolute Gasteiger partial charge is 0.226 e. The van der Waals surface area contributed by atoms with E-state index in [1.54, 1.807) is 0 Å². The van der Waals surface area contributed by atoms with Crippen LogP contribution in [0.1, 0.15) is 25.7 Å². The van der Waals surface area contributed by atoms with Gasteiger partial charge in [0.05, 0.1) is 11.4 Å². The van der Waals surface area contributed by atoms with Gasteiger partial charge >= 0.3 is 0 Å². The molecule has 1 fully saturated rings. The number of hydrogen-bond donors (Lipinski definition) is 2. The third-order valence-corrected chi connectivity index (χ3v) is 2.05. The molecule has 1 saturated carbocycles. The third-order valence-electron chi connectivity index (χ3n) is 1.91. The average molecular weight is 186 g/mol. The van der Waals surface area contributed by atoms with Gasteiger partial charge in [-0.05, 0) is 12.3 Å². The summed E-state index contributed by atoms with van der Waals surface area (Å²) in [5.41, 5.74) is 5.21. The second kappa shape index (κ2) is 4.40. The molecule has 0 atom stereocenters. The molecule has 0 aliphatic heterocycles. The molecule has 0 unspecified atom stereocenters. The van der Waals surface area contributed by atoms with Gasteiger partial charge in [-0.25, -0.2) is 0 Å². The highest BCUT2D eigenvalue weighted by Crippen LogP contribution is 2.31. The summed E-state index contributed by atoms with van der Waals surface area (Å²) in [6.07, 6.45) is 3.93. The molecule has 0 radical (unpaired) electrons. The van der Waals surface area contributed by atoms with E-state index in [2.05, 4.69) is 17.5 Å². The Kier molecular flexibility index (Phi) is 3.47. The molecule has 1 rings (SSSR count). The molecule has 68 valence electrons. The fourth-order valence-corrected chi connectivity index (χ4v) is 1.17. The average Bonchev–Trinajstić information content (AvgIpc) is 2.69. The van der Waals surface area contributed by atoms with Crippen molar-refractivity contribution in [2.24, 2.45) is 11.7 Å². The van der Waals surface area contributed by atoms with E-state index in [-0.39, 0.29) is 17.3 Å². The van der Waals surface area contributed by atoms with Crippen molar-refractivity contribution in [3.05, 3.63) is 0 Å². The molecule has 0 aromatic carbocycles. The predicted molar refractivity (Wildman–Crippen MR) is 51.8 cm³/mol. The van der Waals surface area contributed by atoms with Crippen molar-refractivity contribution in [2.45, 2.75) is 25.7 Å². The molecular formula is C8H14N2OS. The molecule has 1 aliphatic rings. The molecule has 0 aromatic rings. The Bertz CT molecular complexity index is 189. The predicted octanol–water partition coefficient (Wildman–Crippen LogP) is 0.579. The summed E-state index contributed by atoms with van der Waals surface area (Å²) in [6.45, 7) is 0.770. The van der Waals surface area contributed by atoms with E-state index in [4.69, 9.17) is 5.73 Å². The van der Waals surface area contributed by atoms with Crippen molar-refractivity contribution in [3.63, 3.8) is 0 Å². The van der Waals surface area contributed by atoms with Gasteiger partial charge < -0.3 is 11.1 Å². The maximum atomic E-state index is 11.0. The third kappa shape index (κ3) is 4.28. The number of thiocarbonyl (C=S) groups is 1. The SMILES string of the molecule is NC(=S)CC(=O)NCCC1CC1. The number of nitrogens with one attached hydrogen (secondary N) is 1. The lowest BCUT2D eigenvalue weighted by Gasteiger charge is -2.02. The molecule has 3 N–H and O–H groups in total. The quantitative estimate of drug-likeness (QED) is 0.617. The lowest BCUT2D eigenvalue weighted by molar-refractivity contribution is -0.119. The topological polar surface area (TPSA) is 55.1 Å². The molecule has 12 heavy (non-hydrogen) atoms. The van der Waals surface area contributed by atoms with Crippen LogP contribution in [0.25, 0.3) is 0 Å². The van der Waals surface area contributed by atoms with Crippen molar-refractivity contribution in [3.8, 4) is 0 Å². The summed E-state index contributed by atoms with van der Waals surface area (Å²) in [5.74, 6) is 0.804. The summed E-state index contributed by atoms with van der Waals surface area (Å²) in [6, 6.07) is 0. The largest absolute Gasteiger partial charge is 0.393 e. The molecule has 0 saturated heterocycles. The van der Waals surface area contributed by atoms with Crippen LogP contribution < -0.4 is 11.1 Å². The lowest BCUT2D eigenvalue weighted by Crippen LogP contribution is -2.28. The highest BCUT2D eigenvalue weighted by Gasteiger charge is 2.20. The van der Waals surface area contributed by atoms with E-state index >= 15 is 0 Å². The minimum absolute atomic E-state index is 0.0526. The zero-order valence-corrected chi connectivity index (χ0v) is 7.82. The molecule has 0 spiro atoms. The molecule has 0 aromatic heterocycles. The molecule has 1 aliphatic carbocycles.